The predicted molar refractivity (Wildman–Crippen MR) is 96.5 cm³/mol. The van der Waals surface area contributed by atoms with E-state index >= 15 is 0 Å². The summed E-state index contributed by atoms with van der Waals surface area (Å²) in [5, 5.41) is 1.68. The number of hydrogen-bond acceptors (Lipinski definition) is 6. The number of aryl methyl sites for hydroxylation is 1. The van der Waals surface area contributed by atoms with Crippen molar-refractivity contribution in [3.05, 3.63) is 46.4 Å². The van der Waals surface area contributed by atoms with Crippen molar-refractivity contribution < 1.29 is 18.0 Å². The molecule has 2 heterocycles. The number of carbonyl (C=O) groups excluding carboxylic acids is 2. The van der Waals surface area contributed by atoms with Gasteiger partial charge in [-0.2, -0.15) is 0 Å². The second kappa shape index (κ2) is 7.42. The molecule has 1 aliphatic rings. The highest BCUT2D eigenvalue weighted by Crippen LogP contribution is 2.12. The van der Waals surface area contributed by atoms with Gasteiger partial charge in [-0.05, 0) is 19.1 Å². The molecule has 10 heteroatoms. The van der Waals surface area contributed by atoms with Crippen molar-refractivity contribution in [1.82, 2.24) is 19.5 Å². The van der Waals surface area contributed by atoms with E-state index in [2.05, 4.69) is 9.71 Å². The number of nitrogens with one attached hydrogen (secondary N) is 1. The zero-order chi connectivity index (χ0) is 18.7. The van der Waals surface area contributed by atoms with Gasteiger partial charge in [0, 0.05) is 31.6 Å². The second-order valence-electron chi connectivity index (χ2n) is 5.88. The van der Waals surface area contributed by atoms with Gasteiger partial charge in [0.15, 0.2) is 0 Å². The topological polar surface area (TPSA) is 99.7 Å². The molecule has 1 aliphatic heterocycles. The molecule has 0 aliphatic carbocycles. The summed E-state index contributed by atoms with van der Waals surface area (Å²) in [6.07, 6.45) is 0. The number of nitrogens with zero attached hydrogens (tertiary/aromatic N) is 3. The SMILES string of the molecule is Cc1ccc(S(=O)(=O)NC(=O)N2CCN(C(=O)c3cscn3)CC2)cc1. The van der Waals surface area contributed by atoms with Crippen molar-refractivity contribution >= 4 is 33.3 Å². The highest BCUT2D eigenvalue weighted by molar-refractivity contribution is 7.90. The third-order valence-corrected chi connectivity index (χ3v) is 5.98. The summed E-state index contributed by atoms with van der Waals surface area (Å²) in [7, 11) is -3.92. The van der Waals surface area contributed by atoms with Crippen LogP contribution in [0, 0.1) is 6.92 Å². The zero-order valence-electron chi connectivity index (χ0n) is 14.1. The van der Waals surface area contributed by atoms with Crippen molar-refractivity contribution in [1.29, 1.82) is 0 Å². The standard InChI is InChI=1S/C16H18N4O4S2/c1-12-2-4-13(5-3-12)26(23,24)18-16(22)20-8-6-19(7-9-20)15(21)14-10-25-11-17-14/h2-5,10-11H,6-9H2,1H3,(H,18,22). The minimum Gasteiger partial charge on any atom is -0.334 e. The normalized spacial score (nSPS) is 15.0. The number of amides is 3. The Morgan fingerprint density at radius 3 is 2.27 bits per heavy atom. The Labute approximate surface area is 155 Å². The van der Waals surface area contributed by atoms with Gasteiger partial charge in [0.1, 0.15) is 5.69 Å². The Balaban J connectivity index is 1.58. The molecular weight excluding hydrogens is 376 g/mol. The summed E-state index contributed by atoms with van der Waals surface area (Å²) >= 11 is 1.34. The van der Waals surface area contributed by atoms with Crippen LogP contribution in [0.15, 0.2) is 40.1 Å². The van der Waals surface area contributed by atoms with Crippen LogP contribution in [0.25, 0.3) is 0 Å². The van der Waals surface area contributed by atoms with Gasteiger partial charge in [-0.25, -0.2) is 22.9 Å². The highest BCUT2D eigenvalue weighted by atomic mass is 32.2. The fourth-order valence-electron chi connectivity index (χ4n) is 2.55. The lowest BCUT2D eigenvalue weighted by atomic mass is 10.2. The zero-order valence-corrected chi connectivity index (χ0v) is 15.7. The van der Waals surface area contributed by atoms with Crippen LogP contribution < -0.4 is 4.72 Å². The number of thiazole rings is 1. The van der Waals surface area contributed by atoms with Gasteiger partial charge in [-0.3, -0.25) is 4.79 Å². The molecule has 1 aromatic carbocycles. The van der Waals surface area contributed by atoms with Crippen molar-refractivity contribution in [2.45, 2.75) is 11.8 Å². The molecule has 0 atom stereocenters. The number of benzene rings is 1. The van der Waals surface area contributed by atoms with Crippen LogP contribution in [0.3, 0.4) is 0 Å². The van der Waals surface area contributed by atoms with Crippen molar-refractivity contribution in [3.63, 3.8) is 0 Å². The molecule has 0 saturated carbocycles. The predicted octanol–water partition coefficient (Wildman–Crippen LogP) is 1.31. The molecule has 138 valence electrons. The number of urea groups is 1. The Bertz CT molecular complexity index is 887. The molecule has 3 rings (SSSR count). The number of rotatable bonds is 3. The lowest BCUT2D eigenvalue weighted by molar-refractivity contribution is 0.0662. The van der Waals surface area contributed by atoms with E-state index in [0.717, 1.165) is 5.56 Å². The lowest BCUT2D eigenvalue weighted by Gasteiger charge is -2.34. The maximum absolute atomic E-state index is 12.3. The van der Waals surface area contributed by atoms with E-state index < -0.39 is 16.1 Å². The van der Waals surface area contributed by atoms with Gasteiger partial charge in [0.2, 0.25) is 0 Å². The summed E-state index contributed by atoms with van der Waals surface area (Å²) in [6, 6.07) is 5.56. The maximum Gasteiger partial charge on any atom is 0.331 e. The van der Waals surface area contributed by atoms with Gasteiger partial charge in [-0.1, -0.05) is 17.7 Å². The number of sulfonamides is 1. The summed E-state index contributed by atoms with van der Waals surface area (Å²) in [4.78, 5) is 31.5. The first-order valence-corrected chi connectivity index (χ1v) is 10.4. The van der Waals surface area contributed by atoms with E-state index in [9.17, 15) is 18.0 Å². The Morgan fingerprint density at radius 1 is 1.08 bits per heavy atom. The molecule has 26 heavy (non-hydrogen) atoms. The van der Waals surface area contributed by atoms with Gasteiger partial charge >= 0.3 is 6.03 Å². The van der Waals surface area contributed by atoms with E-state index in [0.29, 0.717) is 18.8 Å². The monoisotopic (exact) mass is 394 g/mol. The van der Waals surface area contributed by atoms with Crippen LogP contribution in [0.5, 0.6) is 0 Å². The smallest absolute Gasteiger partial charge is 0.331 e. The van der Waals surface area contributed by atoms with Crippen LogP contribution in [0.1, 0.15) is 16.1 Å². The molecule has 1 fully saturated rings. The minimum absolute atomic E-state index is 0.0359. The summed E-state index contributed by atoms with van der Waals surface area (Å²) in [5.41, 5.74) is 2.90. The molecule has 0 bridgehead atoms. The largest absolute Gasteiger partial charge is 0.334 e. The molecule has 1 N–H and O–H groups in total. The molecule has 1 saturated heterocycles. The van der Waals surface area contributed by atoms with Crippen molar-refractivity contribution in [2.24, 2.45) is 0 Å². The van der Waals surface area contributed by atoms with Crippen LogP contribution in [-0.4, -0.2) is 61.3 Å². The Morgan fingerprint density at radius 2 is 1.69 bits per heavy atom. The number of carbonyl (C=O) groups is 2. The van der Waals surface area contributed by atoms with E-state index in [1.807, 2.05) is 6.92 Å². The molecule has 0 spiro atoms. The summed E-state index contributed by atoms with van der Waals surface area (Å²) in [6.45, 7) is 3.01. The quantitative estimate of drug-likeness (QED) is 0.846. The molecular formula is C16H18N4O4S2. The molecule has 3 amide bonds. The van der Waals surface area contributed by atoms with E-state index in [1.54, 1.807) is 27.9 Å². The van der Waals surface area contributed by atoms with E-state index in [4.69, 9.17) is 0 Å². The van der Waals surface area contributed by atoms with Gasteiger partial charge in [-0.15, -0.1) is 11.3 Å². The van der Waals surface area contributed by atoms with Crippen molar-refractivity contribution in [3.8, 4) is 0 Å². The van der Waals surface area contributed by atoms with Gasteiger partial charge in [0.25, 0.3) is 15.9 Å². The molecule has 0 radical (unpaired) electrons. The van der Waals surface area contributed by atoms with Gasteiger partial charge < -0.3 is 9.80 Å². The molecule has 2 aromatic rings. The number of hydrogen-bond donors (Lipinski definition) is 1. The van der Waals surface area contributed by atoms with Crippen LogP contribution in [0.4, 0.5) is 4.79 Å². The van der Waals surface area contributed by atoms with E-state index in [1.165, 1.54) is 28.4 Å². The third kappa shape index (κ3) is 4.02. The highest BCUT2D eigenvalue weighted by Gasteiger charge is 2.28. The fourth-order valence-corrected chi connectivity index (χ4v) is 4.05. The molecule has 8 nitrogen and oxygen atoms in total. The molecule has 1 aromatic heterocycles. The molecule has 0 unspecified atom stereocenters. The average Bonchev–Trinajstić information content (AvgIpc) is 3.16. The fraction of sp³-hybridized carbons (Fsp3) is 0.312. The first kappa shape index (κ1) is 18.3. The van der Waals surface area contributed by atoms with Gasteiger partial charge in [0.05, 0.1) is 10.4 Å². The first-order valence-electron chi connectivity index (χ1n) is 7.93. The van der Waals surface area contributed by atoms with Crippen LogP contribution in [0.2, 0.25) is 0 Å². The Kier molecular flexibility index (Phi) is 5.23. The van der Waals surface area contributed by atoms with Crippen LogP contribution >= 0.6 is 11.3 Å². The lowest BCUT2D eigenvalue weighted by Crippen LogP contribution is -2.54. The second-order valence-corrected chi connectivity index (χ2v) is 8.28. The summed E-state index contributed by atoms with van der Waals surface area (Å²) in [5.74, 6) is -0.182. The van der Waals surface area contributed by atoms with Crippen molar-refractivity contribution in [2.75, 3.05) is 26.2 Å². The minimum atomic E-state index is -3.92. The average molecular weight is 394 g/mol. The maximum atomic E-state index is 12.3. The third-order valence-electron chi connectivity index (χ3n) is 4.06. The summed E-state index contributed by atoms with van der Waals surface area (Å²) < 4.78 is 26.7. The number of aromatic nitrogens is 1. The first-order chi connectivity index (χ1) is 12.4. The Hall–Kier alpha value is -2.46. The van der Waals surface area contributed by atoms with Crippen LogP contribution in [-0.2, 0) is 10.0 Å². The van der Waals surface area contributed by atoms with E-state index in [-0.39, 0.29) is 23.9 Å². The number of piperazine rings is 1.